The fourth-order valence-electron chi connectivity index (χ4n) is 9.89. The van der Waals surface area contributed by atoms with Crippen LogP contribution in [-0.2, 0) is 39.2 Å². The number of carbonyl (C=O) groups is 4. The van der Waals surface area contributed by atoms with Gasteiger partial charge in [-0.25, -0.2) is 36.0 Å². The van der Waals surface area contributed by atoms with Gasteiger partial charge >= 0.3 is 61.6 Å². The number of esters is 4. The molecule has 89 heavy (non-hydrogen) atoms. The van der Waals surface area contributed by atoms with Crippen LogP contribution in [0, 0.1) is 0 Å². The maximum absolute atomic E-state index is 12.8. The van der Waals surface area contributed by atoms with Crippen molar-refractivity contribution in [3.63, 3.8) is 0 Å². The van der Waals surface area contributed by atoms with Gasteiger partial charge in [0.05, 0.1) is 32.0 Å². The van der Waals surface area contributed by atoms with Gasteiger partial charge in [0.1, 0.15) is 46.7 Å². The molecule has 0 aliphatic heterocycles. The average molecular weight is 1310 g/mol. The predicted molar refractivity (Wildman–Crippen MR) is 360 cm³/mol. The van der Waals surface area contributed by atoms with Crippen LogP contribution in [0.5, 0.6) is 0 Å². The first kappa shape index (κ1) is 85.4. The Balaban J connectivity index is 0.00000172. The van der Waals surface area contributed by atoms with Gasteiger partial charge in [0.2, 0.25) is 0 Å². The van der Waals surface area contributed by atoms with Gasteiger partial charge < -0.3 is 28.1 Å². The molecule has 0 spiro atoms. The van der Waals surface area contributed by atoms with E-state index in [1.165, 1.54) is 193 Å². The minimum atomic E-state index is -4.83. The molecule has 0 aromatic heterocycles. The minimum absolute atomic E-state index is 0. The number of unbranched alkanes of at least 4 members (excludes halogenated alkanes) is 36. The number of ether oxygens (including phenoxy) is 4. The second kappa shape index (κ2) is 58.2. The number of rotatable bonds is 54. The molecule has 0 aliphatic rings. The van der Waals surface area contributed by atoms with Crippen molar-refractivity contribution < 1.29 is 64.1 Å². The summed E-state index contributed by atoms with van der Waals surface area (Å²) in [7, 11) is -9.65. The molecular weight excluding hydrogens is 1190 g/mol. The molecule has 0 N–H and O–H groups in total. The van der Waals surface area contributed by atoms with Crippen LogP contribution in [0.25, 0.3) is 0 Å². The Morgan fingerprint density at radius 1 is 0.303 bits per heavy atom. The molecule has 17 heteroatoms. The fraction of sp³-hybridized carbons (Fsp3) is 0.667. The summed E-state index contributed by atoms with van der Waals surface area (Å²) in [6.45, 7) is 8.89. The van der Waals surface area contributed by atoms with E-state index >= 15 is 0 Å². The van der Waals surface area contributed by atoms with Crippen LogP contribution < -0.4 is 0 Å². The molecule has 0 atom stereocenters. The van der Waals surface area contributed by atoms with Crippen molar-refractivity contribution in [2.75, 3.05) is 26.4 Å². The molecule has 14 nitrogen and oxygen atoms in total. The van der Waals surface area contributed by atoms with Gasteiger partial charge in [-0.2, -0.15) is 0 Å². The molecule has 2 rings (SSSR count). The Morgan fingerprint density at radius 3 is 0.697 bits per heavy atom. The van der Waals surface area contributed by atoms with Crippen LogP contribution in [0.3, 0.4) is 0 Å². The van der Waals surface area contributed by atoms with Crippen molar-refractivity contribution in [3.8, 4) is 0 Å². The molecule has 0 saturated carbocycles. The van der Waals surface area contributed by atoms with Crippen molar-refractivity contribution in [3.05, 3.63) is 107 Å². The van der Waals surface area contributed by atoms with Crippen molar-refractivity contribution in [1.82, 2.24) is 0 Å². The summed E-state index contributed by atoms with van der Waals surface area (Å²) in [4.78, 5) is 49.7. The molecule has 500 valence electrons. The van der Waals surface area contributed by atoms with Gasteiger partial charge in [-0.3, -0.25) is 0 Å². The molecule has 0 aliphatic carbocycles. The Hall–Kier alpha value is -3.64. The molecule has 2 aromatic carbocycles. The van der Waals surface area contributed by atoms with Crippen molar-refractivity contribution in [2.45, 2.75) is 294 Å². The van der Waals surface area contributed by atoms with Crippen LogP contribution in [0.1, 0.15) is 326 Å². The van der Waals surface area contributed by atoms with Crippen LogP contribution in [-0.4, -0.2) is 114 Å². The standard InChI is InChI=1S/2C36H58O7S.Ca/c2*1-3-5-7-9-11-13-15-17-19-21-23-25-29-42-35(37)33-28-27-32(44(39,40)41)31-34(33)36(38)43-30-26-24-22-20-18-16-14-12-10-8-6-4-2;/h2*23-28,31H,3-22,29-30H2,1-2H3,(H,39,40,41);/q;;+2/p-2/b2*25-23+,26-24+;. The summed E-state index contributed by atoms with van der Waals surface area (Å²) < 4.78 is 90.3. The first-order valence-corrected chi connectivity index (χ1v) is 36.9. The third kappa shape index (κ3) is 47.0. The second-order valence-corrected chi connectivity index (χ2v) is 25.8. The zero-order valence-corrected chi connectivity index (χ0v) is 59.3. The number of hydrogen-bond donors (Lipinski definition) is 0. The van der Waals surface area contributed by atoms with E-state index in [-0.39, 0.29) is 86.4 Å². The second-order valence-electron chi connectivity index (χ2n) is 23.1. The van der Waals surface area contributed by atoms with Gasteiger partial charge in [0.15, 0.2) is 0 Å². The van der Waals surface area contributed by atoms with Gasteiger partial charge in [0, 0.05) is 0 Å². The van der Waals surface area contributed by atoms with Crippen molar-refractivity contribution in [1.29, 1.82) is 0 Å². The number of hydrogen-bond acceptors (Lipinski definition) is 14. The molecule has 0 fully saturated rings. The minimum Gasteiger partial charge on any atom is -0.744 e. The summed E-state index contributed by atoms with van der Waals surface area (Å²) >= 11 is 0. The first-order chi connectivity index (χ1) is 42.6. The van der Waals surface area contributed by atoms with Crippen molar-refractivity contribution >= 4 is 81.9 Å². The van der Waals surface area contributed by atoms with E-state index in [1.807, 2.05) is 24.3 Å². The average Bonchev–Trinajstić information content (AvgIpc) is 3.12. The van der Waals surface area contributed by atoms with Crippen LogP contribution in [0.15, 0.2) is 94.8 Å². The Morgan fingerprint density at radius 2 is 0.494 bits per heavy atom. The third-order valence-corrected chi connectivity index (χ3v) is 16.9. The predicted octanol–water partition coefficient (Wildman–Crippen LogP) is 19.3. The van der Waals surface area contributed by atoms with Crippen LogP contribution in [0.2, 0.25) is 0 Å². The maximum Gasteiger partial charge on any atom is 2.00 e. The quantitative estimate of drug-likeness (QED) is 0.0150. The SMILES string of the molecule is CCCCCCCCCCC/C=C/COC(=O)c1ccc(S(=O)(=O)[O-])cc1C(=O)OC/C=C/CCCCCCCCCCC.CCCCCCCCCCC/C=C/COC(=O)c1ccc(S(=O)(=O)[O-])cc1C(=O)OC/C=C/CCCCCCCCCCC.[Ca+2]. The summed E-state index contributed by atoms with van der Waals surface area (Å²) in [6, 6.07) is 6.01. The van der Waals surface area contributed by atoms with E-state index in [1.54, 1.807) is 24.3 Å². The van der Waals surface area contributed by atoms with Gasteiger partial charge in [-0.15, -0.1) is 0 Å². The van der Waals surface area contributed by atoms with E-state index in [9.17, 15) is 45.1 Å². The van der Waals surface area contributed by atoms with Crippen LogP contribution in [0.4, 0.5) is 0 Å². The number of benzene rings is 2. The summed E-state index contributed by atoms with van der Waals surface area (Å²) in [5.41, 5.74) is -0.905. The number of allylic oxidation sites excluding steroid dienone is 4. The smallest absolute Gasteiger partial charge is 0.744 e. The Bertz CT molecular complexity index is 2330. The molecule has 0 amide bonds. The summed E-state index contributed by atoms with van der Waals surface area (Å²) in [5.74, 6) is -3.37. The summed E-state index contributed by atoms with van der Waals surface area (Å²) in [6.07, 6.45) is 63.5. The maximum atomic E-state index is 12.8. The largest absolute Gasteiger partial charge is 2.00 e. The van der Waals surface area contributed by atoms with E-state index < -0.39 is 53.9 Å². The van der Waals surface area contributed by atoms with Crippen LogP contribution >= 0.6 is 0 Å². The summed E-state index contributed by atoms with van der Waals surface area (Å²) in [5, 5.41) is 0. The topological polar surface area (TPSA) is 220 Å². The zero-order chi connectivity index (χ0) is 64.6. The van der Waals surface area contributed by atoms with E-state index in [4.69, 9.17) is 18.9 Å². The Labute approximate surface area is 569 Å². The molecule has 0 radical (unpaired) electrons. The molecule has 0 heterocycles. The first-order valence-electron chi connectivity index (χ1n) is 34.1. The molecular formula is C72H114CaO14S2. The fourth-order valence-corrected chi connectivity index (χ4v) is 10.9. The Kier molecular flexibility index (Phi) is 55.8. The van der Waals surface area contributed by atoms with E-state index in [2.05, 4.69) is 27.7 Å². The number of carbonyl (C=O) groups excluding carboxylic acids is 4. The van der Waals surface area contributed by atoms with E-state index in [0.29, 0.717) is 0 Å². The van der Waals surface area contributed by atoms with E-state index in [0.717, 1.165) is 101 Å². The molecule has 0 bridgehead atoms. The van der Waals surface area contributed by atoms with Gasteiger partial charge in [-0.05, 0) is 87.8 Å². The normalized spacial score (nSPS) is 11.8. The molecule has 0 unspecified atom stereocenters. The molecule has 2 aromatic rings. The van der Waals surface area contributed by atoms with Gasteiger partial charge in [-0.1, -0.05) is 282 Å². The molecule has 0 saturated heterocycles. The van der Waals surface area contributed by atoms with Gasteiger partial charge in [0.25, 0.3) is 0 Å². The monoisotopic (exact) mass is 1310 g/mol. The third-order valence-electron chi connectivity index (χ3n) is 15.2. The van der Waals surface area contributed by atoms with Crippen molar-refractivity contribution in [2.24, 2.45) is 0 Å². The zero-order valence-electron chi connectivity index (χ0n) is 55.4.